The quantitative estimate of drug-likeness (QED) is 0.659. The number of ketones is 1. The maximum atomic E-state index is 13.3. The first-order valence-electron chi connectivity index (χ1n) is 9.54. The van der Waals surface area contributed by atoms with E-state index >= 15 is 0 Å². The molecule has 2 aromatic heterocycles. The van der Waals surface area contributed by atoms with E-state index in [1.807, 2.05) is 11.4 Å². The Bertz CT molecular complexity index is 987. The highest BCUT2D eigenvalue weighted by atomic mass is 32.1. The maximum absolute atomic E-state index is 13.3. The van der Waals surface area contributed by atoms with Crippen LogP contribution in [0.3, 0.4) is 0 Å². The Kier molecular flexibility index (Phi) is 4.32. The zero-order valence-electron chi connectivity index (χ0n) is 15.0. The van der Waals surface area contributed by atoms with Crippen molar-refractivity contribution in [3.8, 4) is 0 Å². The van der Waals surface area contributed by atoms with Crippen molar-refractivity contribution in [1.82, 2.24) is 10.1 Å². The standard InChI is InChI=1S/C21H21FN2O2S/c22-15-1-2-17-19(11-15)26-23-21(17)14-3-6-24(7-4-14)12-13-9-18(25)16-5-8-27-20(16)10-13/h1-2,5,8,11,13-14H,3-4,6-7,9-10,12H2/t13-/m1/s1. The second-order valence-corrected chi connectivity index (χ2v) is 8.74. The second kappa shape index (κ2) is 6.84. The molecule has 0 saturated carbocycles. The van der Waals surface area contributed by atoms with Gasteiger partial charge in [0.25, 0.3) is 0 Å². The lowest BCUT2D eigenvalue weighted by atomic mass is 9.86. The van der Waals surface area contributed by atoms with Gasteiger partial charge in [0, 0.05) is 40.8 Å². The number of hydrogen-bond donors (Lipinski definition) is 0. The lowest BCUT2D eigenvalue weighted by Gasteiger charge is -2.34. The van der Waals surface area contributed by atoms with Crippen LogP contribution in [0.25, 0.3) is 11.0 Å². The number of thiophene rings is 1. The summed E-state index contributed by atoms with van der Waals surface area (Å²) in [5.74, 6) is 0.788. The molecule has 1 atom stereocenters. The Morgan fingerprint density at radius 3 is 2.93 bits per heavy atom. The van der Waals surface area contributed by atoms with Crippen molar-refractivity contribution in [3.05, 3.63) is 51.6 Å². The third-order valence-corrected chi connectivity index (χ3v) is 6.89. The van der Waals surface area contributed by atoms with Gasteiger partial charge in [-0.3, -0.25) is 4.79 Å². The average Bonchev–Trinajstić information content (AvgIpc) is 3.29. The van der Waals surface area contributed by atoms with E-state index in [1.54, 1.807) is 17.4 Å². The lowest BCUT2D eigenvalue weighted by Crippen LogP contribution is -2.38. The summed E-state index contributed by atoms with van der Waals surface area (Å²) in [4.78, 5) is 16.0. The first kappa shape index (κ1) is 17.1. The normalized spacial score (nSPS) is 21.7. The van der Waals surface area contributed by atoms with E-state index in [2.05, 4.69) is 10.1 Å². The SMILES string of the molecule is O=C1C[C@@H](CN2CCC(c3noc4cc(F)ccc34)CC2)Cc2sccc21. The monoisotopic (exact) mass is 384 g/mol. The lowest BCUT2D eigenvalue weighted by molar-refractivity contribution is 0.0923. The topological polar surface area (TPSA) is 46.3 Å². The van der Waals surface area contributed by atoms with Crippen LogP contribution in [0.15, 0.2) is 34.2 Å². The molecule has 0 bridgehead atoms. The van der Waals surface area contributed by atoms with Crippen LogP contribution in [-0.2, 0) is 6.42 Å². The smallest absolute Gasteiger partial charge is 0.170 e. The van der Waals surface area contributed by atoms with Gasteiger partial charge in [-0.05, 0) is 61.8 Å². The summed E-state index contributed by atoms with van der Waals surface area (Å²) >= 11 is 1.71. The number of piperidine rings is 1. The Morgan fingerprint density at radius 2 is 2.07 bits per heavy atom. The number of benzene rings is 1. The molecule has 0 unspecified atom stereocenters. The van der Waals surface area contributed by atoms with Gasteiger partial charge in [0.2, 0.25) is 0 Å². The number of aromatic nitrogens is 1. The molecule has 1 aliphatic carbocycles. The van der Waals surface area contributed by atoms with E-state index in [4.69, 9.17) is 4.52 Å². The number of nitrogens with zero attached hydrogens (tertiary/aromatic N) is 2. The van der Waals surface area contributed by atoms with E-state index in [0.717, 1.165) is 55.5 Å². The number of hydrogen-bond acceptors (Lipinski definition) is 5. The Labute approximate surface area is 161 Å². The molecule has 0 radical (unpaired) electrons. The van der Waals surface area contributed by atoms with Gasteiger partial charge in [-0.25, -0.2) is 4.39 Å². The highest BCUT2D eigenvalue weighted by Crippen LogP contribution is 2.34. The van der Waals surface area contributed by atoms with Gasteiger partial charge in [-0.2, -0.15) is 0 Å². The minimum Gasteiger partial charge on any atom is -0.356 e. The van der Waals surface area contributed by atoms with Gasteiger partial charge >= 0.3 is 0 Å². The summed E-state index contributed by atoms with van der Waals surface area (Å²) in [6, 6.07) is 6.62. The molecule has 0 spiro atoms. The van der Waals surface area contributed by atoms with Gasteiger partial charge in [0.1, 0.15) is 5.82 Å². The van der Waals surface area contributed by atoms with E-state index in [1.165, 1.54) is 17.0 Å². The maximum Gasteiger partial charge on any atom is 0.170 e. The van der Waals surface area contributed by atoms with Crippen LogP contribution in [0.1, 0.15) is 46.1 Å². The van der Waals surface area contributed by atoms with E-state index in [0.29, 0.717) is 29.6 Å². The fourth-order valence-corrected chi connectivity index (χ4v) is 5.57. The van der Waals surface area contributed by atoms with Crippen LogP contribution in [0.4, 0.5) is 4.39 Å². The second-order valence-electron chi connectivity index (χ2n) is 7.74. The Balaban J connectivity index is 1.22. The molecule has 2 aliphatic rings. The summed E-state index contributed by atoms with van der Waals surface area (Å²) in [7, 11) is 0. The molecule has 3 aromatic rings. The van der Waals surface area contributed by atoms with Gasteiger partial charge in [0.05, 0.1) is 5.69 Å². The molecule has 6 heteroatoms. The van der Waals surface area contributed by atoms with Crippen molar-refractivity contribution in [2.24, 2.45) is 5.92 Å². The summed E-state index contributed by atoms with van der Waals surface area (Å²) in [6.07, 6.45) is 3.73. The highest BCUT2D eigenvalue weighted by Gasteiger charge is 2.30. The van der Waals surface area contributed by atoms with Crippen molar-refractivity contribution in [1.29, 1.82) is 0 Å². The minimum atomic E-state index is -0.295. The molecule has 140 valence electrons. The van der Waals surface area contributed by atoms with Crippen molar-refractivity contribution < 1.29 is 13.7 Å². The average molecular weight is 384 g/mol. The van der Waals surface area contributed by atoms with Crippen molar-refractivity contribution >= 4 is 28.1 Å². The fourth-order valence-electron chi connectivity index (χ4n) is 4.56. The van der Waals surface area contributed by atoms with Crippen LogP contribution in [-0.4, -0.2) is 35.5 Å². The largest absolute Gasteiger partial charge is 0.356 e. The van der Waals surface area contributed by atoms with E-state index < -0.39 is 0 Å². The Morgan fingerprint density at radius 1 is 1.22 bits per heavy atom. The molecule has 27 heavy (non-hydrogen) atoms. The predicted molar refractivity (Wildman–Crippen MR) is 103 cm³/mol. The molecule has 3 heterocycles. The fraction of sp³-hybridized carbons (Fsp3) is 0.429. The number of fused-ring (bicyclic) bond motifs is 2. The van der Waals surface area contributed by atoms with Crippen LogP contribution in [0, 0.1) is 11.7 Å². The predicted octanol–water partition coefficient (Wildman–Crippen LogP) is 4.65. The summed E-state index contributed by atoms with van der Waals surface area (Å²) in [6.45, 7) is 2.99. The number of Topliss-reactive ketones (excluding diaryl/α,β-unsaturated/α-hetero) is 1. The van der Waals surface area contributed by atoms with Crippen LogP contribution in [0.2, 0.25) is 0 Å². The van der Waals surface area contributed by atoms with Crippen molar-refractivity contribution in [2.75, 3.05) is 19.6 Å². The first-order valence-corrected chi connectivity index (χ1v) is 10.4. The molecular formula is C21H21FN2O2S. The highest BCUT2D eigenvalue weighted by molar-refractivity contribution is 7.10. The van der Waals surface area contributed by atoms with Crippen molar-refractivity contribution in [3.63, 3.8) is 0 Å². The number of carbonyl (C=O) groups is 1. The number of likely N-dealkylation sites (tertiary alicyclic amines) is 1. The van der Waals surface area contributed by atoms with Gasteiger partial charge in [0.15, 0.2) is 11.4 Å². The number of halogens is 1. The molecule has 0 N–H and O–H groups in total. The zero-order chi connectivity index (χ0) is 18.4. The van der Waals surface area contributed by atoms with E-state index in [-0.39, 0.29) is 5.82 Å². The summed E-state index contributed by atoms with van der Waals surface area (Å²) < 4.78 is 18.7. The molecule has 1 saturated heterocycles. The molecule has 4 nitrogen and oxygen atoms in total. The Hall–Kier alpha value is -2.05. The molecule has 1 aliphatic heterocycles. The third kappa shape index (κ3) is 3.21. The van der Waals surface area contributed by atoms with Gasteiger partial charge < -0.3 is 9.42 Å². The van der Waals surface area contributed by atoms with Crippen LogP contribution >= 0.6 is 11.3 Å². The molecular weight excluding hydrogens is 363 g/mol. The molecule has 0 amide bonds. The van der Waals surface area contributed by atoms with Crippen LogP contribution in [0.5, 0.6) is 0 Å². The minimum absolute atomic E-state index is 0.295. The third-order valence-electron chi connectivity index (χ3n) is 5.95. The number of rotatable bonds is 3. The zero-order valence-corrected chi connectivity index (χ0v) is 15.8. The summed E-state index contributed by atoms with van der Waals surface area (Å²) in [5, 5.41) is 7.19. The van der Waals surface area contributed by atoms with Gasteiger partial charge in [-0.1, -0.05) is 5.16 Å². The van der Waals surface area contributed by atoms with Gasteiger partial charge in [-0.15, -0.1) is 11.3 Å². The molecule has 5 rings (SSSR count). The van der Waals surface area contributed by atoms with Crippen molar-refractivity contribution in [2.45, 2.75) is 31.6 Å². The molecule has 1 aromatic carbocycles. The molecule has 1 fully saturated rings. The summed E-state index contributed by atoms with van der Waals surface area (Å²) in [5.41, 5.74) is 2.44. The van der Waals surface area contributed by atoms with E-state index in [9.17, 15) is 9.18 Å². The number of carbonyl (C=O) groups excluding carboxylic acids is 1. The van der Waals surface area contributed by atoms with Crippen LogP contribution < -0.4 is 0 Å². The first-order chi connectivity index (χ1) is 13.2.